The number of piperidine rings is 1. The van der Waals surface area contributed by atoms with E-state index < -0.39 is 0 Å². The zero-order valence-corrected chi connectivity index (χ0v) is 18.4. The van der Waals surface area contributed by atoms with Crippen LogP contribution in [-0.4, -0.2) is 44.0 Å². The second kappa shape index (κ2) is 8.46. The average molecular weight is 421 g/mol. The predicted molar refractivity (Wildman–Crippen MR) is 120 cm³/mol. The smallest absolute Gasteiger partial charge is 0.282 e. The third-order valence-corrected chi connectivity index (χ3v) is 5.95. The van der Waals surface area contributed by atoms with Crippen LogP contribution in [0.5, 0.6) is 11.5 Å². The summed E-state index contributed by atoms with van der Waals surface area (Å²) in [5.41, 5.74) is 2.19. The van der Waals surface area contributed by atoms with Crippen LogP contribution in [-0.2, 0) is 9.59 Å². The molecule has 2 heterocycles. The largest absolute Gasteiger partial charge is 0.497 e. The van der Waals surface area contributed by atoms with Crippen LogP contribution >= 0.6 is 0 Å². The molecule has 2 amide bonds. The number of ether oxygens (including phenoxy) is 2. The van der Waals surface area contributed by atoms with Crippen molar-refractivity contribution >= 4 is 23.1 Å². The van der Waals surface area contributed by atoms with E-state index in [0.717, 1.165) is 25.1 Å². The molecule has 6 heteroatoms. The summed E-state index contributed by atoms with van der Waals surface area (Å²) in [6.45, 7) is 5.90. The van der Waals surface area contributed by atoms with E-state index in [1.165, 1.54) is 4.90 Å². The molecule has 0 saturated carbocycles. The molecule has 0 aliphatic carbocycles. The number of nitrogens with zero attached hydrogens (tertiary/aromatic N) is 2. The molecule has 2 aliphatic rings. The van der Waals surface area contributed by atoms with Crippen LogP contribution in [0, 0.1) is 11.8 Å². The van der Waals surface area contributed by atoms with Gasteiger partial charge in [-0.3, -0.25) is 9.59 Å². The van der Waals surface area contributed by atoms with Crippen LogP contribution in [0.25, 0.3) is 5.57 Å². The van der Waals surface area contributed by atoms with Crippen LogP contribution in [0.2, 0.25) is 0 Å². The Morgan fingerprint density at radius 1 is 0.774 bits per heavy atom. The Bertz CT molecular complexity index is 1000. The van der Waals surface area contributed by atoms with Gasteiger partial charge in [-0.2, -0.15) is 0 Å². The van der Waals surface area contributed by atoms with E-state index >= 15 is 0 Å². The summed E-state index contributed by atoms with van der Waals surface area (Å²) in [4.78, 5) is 30.6. The third kappa shape index (κ3) is 3.90. The highest BCUT2D eigenvalue weighted by Gasteiger charge is 2.43. The number of likely N-dealkylation sites (tertiary alicyclic amines) is 1. The van der Waals surface area contributed by atoms with Crippen molar-refractivity contribution in [3.63, 3.8) is 0 Å². The zero-order valence-electron chi connectivity index (χ0n) is 18.4. The molecule has 2 atom stereocenters. The summed E-state index contributed by atoms with van der Waals surface area (Å²) in [6.07, 6.45) is 1.12. The van der Waals surface area contributed by atoms with E-state index in [0.29, 0.717) is 40.3 Å². The van der Waals surface area contributed by atoms with Crippen LogP contribution in [0.15, 0.2) is 54.2 Å². The Morgan fingerprint density at radius 2 is 1.29 bits per heavy atom. The number of rotatable bonds is 5. The Morgan fingerprint density at radius 3 is 1.81 bits per heavy atom. The molecule has 0 spiro atoms. The number of anilines is 1. The standard InChI is InChI=1S/C25H28N2O4/c1-16-13-17(2)15-26(14-16)23-22(18-5-9-20(30-3)10-6-18)24(28)27(25(23)29)19-7-11-21(31-4)12-8-19/h5-12,16-17H,13-15H2,1-4H3. The highest BCUT2D eigenvalue weighted by atomic mass is 16.5. The normalized spacial score (nSPS) is 21.7. The van der Waals surface area contributed by atoms with Gasteiger partial charge >= 0.3 is 0 Å². The first-order chi connectivity index (χ1) is 14.9. The minimum Gasteiger partial charge on any atom is -0.497 e. The van der Waals surface area contributed by atoms with Crippen molar-refractivity contribution in [2.24, 2.45) is 11.8 Å². The van der Waals surface area contributed by atoms with Gasteiger partial charge in [0, 0.05) is 13.1 Å². The quantitative estimate of drug-likeness (QED) is 0.685. The molecule has 1 fully saturated rings. The lowest BCUT2D eigenvalue weighted by molar-refractivity contribution is -0.120. The maximum atomic E-state index is 13.6. The minimum absolute atomic E-state index is 0.276. The molecule has 1 saturated heterocycles. The molecule has 0 aromatic heterocycles. The van der Waals surface area contributed by atoms with Crippen molar-refractivity contribution in [2.45, 2.75) is 20.3 Å². The molecule has 0 radical (unpaired) electrons. The van der Waals surface area contributed by atoms with Gasteiger partial charge in [0.05, 0.1) is 25.5 Å². The number of carbonyl (C=O) groups excluding carboxylic acids is 2. The van der Waals surface area contributed by atoms with Crippen LogP contribution in [0.3, 0.4) is 0 Å². The molecule has 2 aliphatic heterocycles. The molecule has 31 heavy (non-hydrogen) atoms. The first-order valence-corrected chi connectivity index (χ1v) is 10.6. The van der Waals surface area contributed by atoms with E-state index in [1.54, 1.807) is 38.5 Å². The number of methoxy groups -OCH3 is 2. The summed E-state index contributed by atoms with van der Waals surface area (Å²) in [6, 6.07) is 14.3. The number of hydrogen-bond acceptors (Lipinski definition) is 5. The molecule has 2 aromatic carbocycles. The van der Waals surface area contributed by atoms with Gasteiger partial charge in [-0.1, -0.05) is 26.0 Å². The minimum atomic E-state index is -0.304. The molecule has 2 unspecified atom stereocenters. The zero-order chi connectivity index (χ0) is 22.1. The topological polar surface area (TPSA) is 59.1 Å². The lowest BCUT2D eigenvalue weighted by Crippen LogP contribution is -2.42. The molecule has 0 N–H and O–H groups in total. The van der Waals surface area contributed by atoms with Crippen molar-refractivity contribution in [3.05, 3.63) is 59.8 Å². The monoisotopic (exact) mass is 420 g/mol. The number of imide groups is 1. The van der Waals surface area contributed by atoms with E-state index in [-0.39, 0.29) is 11.8 Å². The summed E-state index contributed by atoms with van der Waals surface area (Å²) in [7, 11) is 3.19. The van der Waals surface area contributed by atoms with Crippen molar-refractivity contribution in [3.8, 4) is 11.5 Å². The molecule has 2 aromatic rings. The highest BCUT2D eigenvalue weighted by Crippen LogP contribution is 2.38. The van der Waals surface area contributed by atoms with Crippen LogP contribution in [0.1, 0.15) is 25.8 Å². The SMILES string of the molecule is COc1ccc(C2=C(N3CC(C)CC(C)C3)C(=O)N(c3ccc(OC)cc3)C2=O)cc1. The van der Waals surface area contributed by atoms with Gasteiger partial charge in [-0.05, 0) is 60.2 Å². The van der Waals surface area contributed by atoms with Crippen molar-refractivity contribution in [2.75, 3.05) is 32.2 Å². The van der Waals surface area contributed by atoms with Gasteiger partial charge in [0.1, 0.15) is 17.2 Å². The van der Waals surface area contributed by atoms with E-state index in [1.807, 2.05) is 24.3 Å². The third-order valence-electron chi connectivity index (χ3n) is 5.95. The molecule has 6 nitrogen and oxygen atoms in total. The first-order valence-electron chi connectivity index (χ1n) is 10.6. The lowest BCUT2D eigenvalue weighted by atomic mass is 9.91. The maximum absolute atomic E-state index is 13.6. The average Bonchev–Trinajstić information content (AvgIpc) is 3.03. The van der Waals surface area contributed by atoms with Gasteiger partial charge < -0.3 is 14.4 Å². The number of carbonyl (C=O) groups is 2. The second-order valence-corrected chi connectivity index (χ2v) is 8.45. The Hall–Kier alpha value is -3.28. The van der Waals surface area contributed by atoms with Crippen molar-refractivity contribution in [1.82, 2.24) is 4.90 Å². The first kappa shape index (κ1) is 21.0. The molecule has 4 rings (SSSR count). The van der Waals surface area contributed by atoms with Crippen molar-refractivity contribution < 1.29 is 19.1 Å². The van der Waals surface area contributed by atoms with Gasteiger partial charge in [0.2, 0.25) is 0 Å². The van der Waals surface area contributed by atoms with E-state index in [9.17, 15) is 9.59 Å². The van der Waals surface area contributed by atoms with Gasteiger partial charge in [-0.15, -0.1) is 0 Å². The van der Waals surface area contributed by atoms with E-state index in [2.05, 4.69) is 18.7 Å². The Labute approximate surface area is 183 Å². The predicted octanol–water partition coefficient (Wildman–Crippen LogP) is 3.97. The fraction of sp³-hybridized carbons (Fsp3) is 0.360. The summed E-state index contributed by atoms with van der Waals surface area (Å²) < 4.78 is 10.5. The fourth-order valence-electron chi connectivity index (χ4n) is 4.64. The summed E-state index contributed by atoms with van der Waals surface area (Å²) in [5, 5.41) is 0. The van der Waals surface area contributed by atoms with Crippen LogP contribution in [0.4, 0.5) is 5.69 Å². The second-order valence-electron chi connectivity index (χ2n) is 8.45. The fourth-order valence-corrected chi connectivity index (χ4v) is 4.64. The van der Waals surface area contributed by atoms with Gasteiger partial charge in [0.15, 0.2) is 0 Å². The molecular weight excluding hydrogens is 392 g/mol. The summed E-state index contributed by atoms with van der Waals surface area (Å²) in [5.74, 6) is 1.70. The summed E-state index contributed by atoms with van der Waals surface area (Å²) >= 11 is 0. The number of benzene rings is 2. The van der Waals surface area contributed by atoms with Crippen molar-refractivity contribution in [1.29, 1.82) is 0 Å². The maximum Gasteiger partial charge on any atom is 0.282 e. The Kier molecular flexibility index (Phi) is 5.72. The molecule has 162 valence electrons. The van der Waals surface area contributed by atoms with Gasteiger partial charge in [0.25, 0.3) is 11.8 Å². The van der Waals surface area contributed by atoms with E-state index in [4.69, 9.17) is 9.47 Å². The van der Waals surface area contributed by atoms with Gasteiger partial charge in [-0.25, -0.2) is 4.90 Å². The van der Waals surface area contributed by atoms with Crippen LogP contribution < -0.4 is 14.4 Å². The Balaban J connectivity index is 1.80. The lowest BCUT2D eigenvalue weighted by Gasteiger charge is -2.37. The number of amides is 2. The molecular formula is C25H28N2O4. The number of hydrogen-bond donors (Lipinski definition) is 0. The molecule has 0 bridgehead atoms. The highest BCUT2D eigenvalue weighted by molar-refractivity contribution is 6.45.